The molecule has 0 bridgehead atoms. The predicted octanol–water partition coefficient (Wildman–Crippen LogP) is 5.79. The second-order valence-corrected chi connectivity index (χ2v) is 6.82. The number of nitrogens with zero attached hydrogens (tertiary/aromatic N) is 2. The minimum atomic E-state index is -2.86. The van der Waals surface area contributed by atoms with E-state index in [1.807, 2.05) is 19.1 Å². The average Bonchev–Trinajstić information content (AvgIpc) is 2.64. The fourth-order valence-corrected chi connectivity index (χ4v) is 2.48. The van der Waals surface area contributed by atoms with Gasteiger partial charge >= 0.3 is 0 Å². The molecule has 0 saturated heterocycles. The highest BCUT2D eigenvalue weighted by atomic mass is 35.5. The van der Waals surface area contributed by atoms with Gasteiger partial charge in [0.25, 0.3) is 5.92 Å². The van der Waals surface area contributed by atoms with Crippen molar-refractivity contribution < 1.29 is 8.78 Å². The molecule has 0 spiro atoms. The molecule has 0 radical (unpaired) electrons. The lowest BCUT2D eigenvalue weighted by Gasteiger charge is -2.11. The number of hydrogen-bond acceptors (Lipinski definition) is 3. The van der Waals surface area contributed by atoms with Crippen LogP contribution in [0.3, 0.4) is 0 Å². The first-order valence-electron chi connectivity index (χ1n) is 8.50. The third-order valence-electron chi connectivity index (χ3n) is 4.09. The van der Waals surface area contributed by atoms with E-state index in [-0.39, 0.29) is 18.7 Å². The van der Waals surface area contributed by atoms with Crippen LogP contribution in [0.2, 0.25) is 5.02 Å². The molecule has 0 amide bonds. The van der Waals surface area contributed by atoms with Crippen LogP contribution < -0.4 is 0 Å². The molecule has 1 N–H and O–H groups in total. The van der Waals surface area contributed by atoms with Gasteiger partial charge in [0.1, 0.15) is 0 Å². The second-order valence-electron chi connectivity index (χ2n) is 6.38. The highest BCUT2D eigenvalue weighted by Crippen LogP contribution is 2.26. The first-order chi connectivity index (χ1) is 12.7. The summed E-state index contributed by atoms with van der Waals surface area (Å²) < 4.78 is 26.5. The third-order valence-corrected chi connectivity index (χ3v) is 4.34. The van der Waals surface area contributed by atoms with Crippen molar-refractivity contribution >= 4 is 28.7 Å². The number of hydrogen-bond donors (Lipinski definition) is 1. The van der Waals surface area contributed by atoms with Gasteiger partial charge in [-0.05, 0) is 37.1 Å². The molecule has 2 aromatic carbocycles. The van der Waals surface area contributed by atoms with Crippen molar-refractivity contribution in [3.63, 3.8) is 0 Å². The van der Waals surface area contributed by atoms with Crippen molar-refractivity contribution in [1.29, 1.82) is 5.41 Å². The molecule has 142 valence electrons. The Balaban J connectivity index is 1.95. The highest BCUT2D eigenvalue weighted by Gasteiger charge is 2.23. The van der Waals surface area contributed by atoms with Crippen molar-refractivity contribution in [2.45, 2.75) is 26.7 Å². The monoisotopic (exact) mass is 389 g/mol. The van der Waals surface area contributed by atoms with E-state index in [0.717, 1.165) is 23.8 Å². The minimum absolute atomic E-state index is 0.0289. The zero-order valence-corrected chi connectivity index (χ0v) is 16.3. The Kier molecular flexibility index (Phi) is 6.97. The Labute approximate surface area is 163 Å². The lowest BCUT2D eigenvalue weighted by Crippen LogP contribution is -2.10. The molecule has 0 atom stereocenters. The predicted molar refractivity (Wildman–Crippen MR) is 109 cm³/mol. The smallest absolute Gasteiger partial charge is 0.270 e. The number of alkyl halides is 2. The summed E-state index contributed by atoms with van der Waals surface area (Å²) in [4.78, 5) is 8.78. The number of nitrogens with one attached hydrogen (secondary N) is 1. The summed E-state index contributed by atoms with van der Waals surface area (Å²) >= 11 is 5.87. The molecule has 2 rings (SSSR count). The van der Waals surface area contributed by atoms with E-state index < -0.39 is 5.92 Å². The van der Waals surface area contributed by atoms with Gasteiger partial charge in [-0.25, -0.2) is 8.78 Å². The molecule has 0 aliphatic heterocycles. The molecule has 27 heavy (non-hydrogen) atoms. The number of aliphatic imine (C=N–C) groups is 2. The van der Waals surface area contributed by atoms with Crippen LogP contribution in [0.5, 0.6) is 0 Å². The van der Waals surface area contributed by atoms with E-state index in [0.29, 0.717) is 16.4 Å². The van der Waals surface area contributed by atoms with Crippen LogP contribution in [0.25, 0.3) is 0 Å². The van der Waals surface area contributed by atoms with Crippen LogP contribution in [0, 0.1) is 5.41 Å². The molecule has 6 heteroatoms. The standard InChI is InChI=1S/C21H22ClF2N3/c1-14(16-4-8-18(9-5-16)21(3,23)24)26-12-20(25)13-27-15(2)17-6-10-19(22)11-7-17/h4-11,25H,12-13H2,1-3H3. The van der Waals surface area contributed by atoms with Gasteiger partial charge in [0.2, 0.25) is 0 Å². The number of benzene rings is 2. The summed E-state index contributed by atoms with van der Waals surface area (Å²) in [5.41, 5.74) is 3.59. The van der Waals surface area contributed by atoms with E-state index in [9.17, 15) is 8.78 Å². The quantitative estimate of drug-likeness (QED) is 0.583. The third kappa shape index (κ3) is 6.36. The zero-order valence-electron chi connectivity index (χ0n) is 15.6. The van der Waals surface area contributed by atoms with Gasteiger partial charge in [0, 0.05) is 28.9 Å². The van der Waals surface area contributed by atoms with E-state index in [1.165, 1.54) is 12.1 Å². The van der Waals surface area contributed by atoms with Gasteiger partial charge in [-0.2, -0.15) is 0 Å². The van der Waals surface area contributed by atoms with Gasteiger partial charge < -0.3 is 5.41 Å². The van der Waals surface area contributed by atoms with Crippen molar-refractivity contribution in [2.24, 2.45) is 9.98 Å². The number of halogens is 3. The van der Waals surface area contributed by atoms with Gasteiger partial charge in [0.05, 0.1) is 18.8 Å². The van der Waals surface area contributed by atoms with Crippen LogP contribution in [0.1, 0.15) is 37.5 Å². The van der Waals surface area contributed by atoms with E-state index in [1.54, 1.807) is 31.2 Å². The lowest BCUT2D eigenvalue weighted by atomic mass is 10.1. The Morgan fingerprint density at radius 1 is 0.889 bits per heavy atom. The lowest BCUT2D eigenvalue weighted by molar-refractivity contribution is 0.0175. The highest BCUT2D eigenvalue weighted by molar-refractivity contribution is 6.30. The van der Waals surface area contributed by atoms with Crippen molar-refractivity contribution in [3.05, 3.63) is 70.2 Å². The largest absolute Gasteiger partial charge is 0.306 e. The summed E-state index contributed by atoms with van der Waals surface area (Å²) in [7, 11) is 0. The minimum Gasteiger partial charge on any atom is -0.306 e. The van der Waals surface area contributed by atoms with Crippen molar-refractivity contribution in [2.75, 3.05) is 13.1 Å². The average molecular weight is 390 g/mol. The summed E-state index contributed by atoms with van der Waals surface area (Å²) in [6, 6.07) is 13.4. The molecule has 0 saturated carbocycles. The summed E-state index contributed by atoms with van der Waals surface area (Å²) in [6.07, 6.45) is 0. The van der Waals surface area contributed by atoms with E-state index >= 15 is 0 Å². The summed E-state index contributed by atoms with van der Waals surface area (Å²) in [5.74, 6) is -2.86. The van der Waals surface area contributed by atoms with Crippen LogP contribution >= 0.6 is 11.6 Å². The second kappa shape index (κ2) is 9.00. The normalized spacial score (nSPS) is 13.0. The maximum Gasteiger partial charge on any atom is 0.270 e. The SMILES string of the molecule is CC(=NCC(=N)CN=C(C)c1ccc(C(C)(F)F)cc1)c1ccc(Cl)cc1. The van der Waals surface area contributed by atoms with Crippen LogP contribution in [0.4, 0.5) is 8.78 Å². The molecule has 0 fully saturated rings. The molecule has 0 aliphatic rings. The van der Waals surface area contributed by atoms with E-state index in [4.69, 9.17) is 17.0 Å². The molecule has 0 aromatic heterocycles. The molecule has 3 nitrogen and oxygen atoms in total. The number of rotatable bonds is 7. The molecule has 2 aromatic rings. The topological polar surface area (TPSA) is 48.6 Å². The fraction of sp³-hybridized carbons (Fsp3) is 0.286. The van der Waals surface area contributed by atoms with Crippen LogP contribution in [-0.2, 0) is 5.92 Å². The maximum absolute atomic E-state index is 13.3. The first-order valence-corrected chi connectivity index (χ1v) is 8.87. The Bertz CT molecular complexity index is 848. The molecule has 0 heterocycles. The van der Waals surface area contributed by atoms with Gasteiger partial charge in [-0.1, -0.05) is 48.0 Å². The summed E-state index contributed by atoms with van der Waals surface area (Å²) in [6.45, 7) is 5.03. The van der Waals surface area contributed by atoms with Crippen LogP contribution in [0.15, 0.2) is 58.5 Å². The van der Waals surface area contributed by atoms with Gasteiger partial charge in [-0.15, -0.1) is 0 Å². The Morgan fingerprint density at radius 3 is 1.70 bits per heavy atom. The molecular weight excluding hydrogens is 368 g/mol. The molecule has 0 aliphatic carbocycles. The first kappa shape index (κ1) is 20.9. The zero-order chi connectivity index (χ0) is 20.0. The summed E-state index contributed by atoms with van der Waals surface area (Å²) in [5, 5.41) is 8.68. The van der Waals surface area contributed by atoms with Crippen molar-refractivity contribution in [3.8, 4) is 0 Å². The van der Waals surface area contributed by atoms with E-state index in [2.05, 4.69) is 9.98 Å². The van der Waals surface area contributed by atoms with Gasteiger partial charge in [-0.3, -0.25) is 9.98 Å². The fourth-order valence-electron chi connectivity index (χ4n) is 2.36. The Hall–Kier alpha value is -2.40. The molecule has 0 unspecified atom stereocenters. The molecular formula is C21H22ClF2N3. The maximum atomic E-state index is 13.3. The van der Waals surface area contributed by atoms with Crippen LogP contribution in [-0.4, -0.2) is 30.2 Å². The van der Waals surface area contributed by atoms with Gasteiger partial charge in [0.15, 0.2) is 0 Å². The Morgan fingerprint density at radius 2 is 1.30 bits per heavy atom. The van der Waals surface area contributed by atoms with Crippen molar-refractivity contribution in [1.82, 2.24) is 0 Å².